The molecule has 5 heteroatoms. The summed E-state index contributed by atoms with van der Waals surface area (Å²) in [6, 6.07) is 8.35. The zero-order chi connectivity index (χ0) is 13.4. The minimum Gasteiger partial charge on any atom is -0.374 e. The van der Waals surface area contributed by atoms with Crippen LogP contribution >= 0.6 is 11.6 Å². The van der Waals surface area contributed by atoms with Gasteiger partial charge in [-0.3, -0.25) is 0 Å². The average molecular weight is 289 g/mol. The average Bonchev–Trinajstić information content (AvgIpc) is 2.33. The van der Waals surface area contributed by atoms with Crippen molar-refractivity contribution in [2.24, 2.45) is 0 Å². The molecule has 0 saturated carbocycles. The second-order valence-electron chi connectivity index (χ2n) is 3.75. The lowest BCUT2D eigenvalue weighted by Crippen LogP contribution is -2.48. The van der Waals surface area contributed by atoms with Crippen LogP contribution in [0, 0.1) is 0 Å². The molecule has 0 aliphatic heterocycles. The van der Waals surface area contributed by atoms with Crippen molar-refractivity contribution < 1.29 is 13.3 Å². The first-order chi connectivity index (χ1) is 8.67. The number of hydrogen-bond donors (Lipinski definition) is 0. The van der Waals surface area contributed by atoms with Crippen LogP contribution in [0.5, 0.6) is 0 Å². The van der Waals surface area contributed by atoms with Gasteiger partial charge in [0.2, 0.25) is 0 Å². The third kappa shape index (κ3) is 4.37. The first-order valence-electron chi connectivity index (χ1n) is 6.32. The number of halogens is 1. The highest BCUT2D eigenvalue weighted by Gasteiger charge is 2.41. The molecule has 102 valence electrons. The van der Waals surface area contributed by atoms with E-state index in [1.54, 1.807) is 0 Å². The van der Waals surface area contributed by atoms with Crippen LogP contribution in [0.2, 0.25) is 5.02 Å². The largest absolute Gasteiger partial charge is 0.505 e. The van der Waals surface area contributed by atoms with Crippen molar-refractivity contribution in [2.75, 3.05) is 19.8 Å². The topological polar surface area (TPSA) is 27.7 Å². The molecule has 0 saturated heterocycles. The third-order valence-electron chi connectivity index (χ3n) is 2.46. The first kappa shape index (κ1) is 15.7. The van der Waals surface area contributed by atoms with E-state index >= 15 is 0 Å². The standard InChI is InChI=1S/C13H21ClO3Si/c1-4-15-18(16-5-2,17-6-3)11-12-9-7-8-10-13(12)14/h7-10H,4-6,11H2,1-3H3. The Morgan fingerprint density at radius 1 is 0.944 bits per heavy atom. The van der Waals surface area contributed by atoms with Crippen molar-refractivity contribution in [3.05, 3.63) is 34.9 Å². The molecule has 0 heterocycles. The van der Waals surface area contributed by atoms with E-state index in [-0.39, 0.29) is 0 Å². The second-order valence-corrected chi connectivity index (χ2v) is 6.74. The highest BCUT2D eigenvalue weighted by molar-refractivity contribution is 6.60. The van der Waals surface area contributed by atoms with Gasteiger partial charge in [-0.15, -0.1) is 0 Å². The van der Waals surface area contributed by atoms with E-state index in [0.29, 0.717) is 25.9 Å². The van der Waals surface area contributed by atoms with Crippen LogP contribution in [0.4, 0.5) is 0 Å². The first-order valence-corrected chi connectivity index (χ1v) is 8.63. The maximum absolute atomic E-state index is 6.19. The van der Waals surface area contributed by atoms with Crippen molar-refractivity contribution in [1.29, 1.82) is 0 Å². The summed E-state index contributed by atoms with van der Waals surface area (Å²) in [5, 5.41) is 0.730. The summed E-state index contributed by atoms with van der Waals surface area (Å²) in [6.07, 6.45) is 0. The molecule has 0 aliphatic carbocycles. The Morgan fingerprint density at radius 3 is 1.89 bits per heavy atom. The molecule has 0 spiro atoms. The minimum absolute atomic E-state index is 0.580. The molecular weight excluding hydrogens is 268 g/mol. The molecule has 0 N–H and O–H groups in total. The zero-order valence-electron chi connectivity index (χ0n) is 11.2. The number of hydrogen-bond acceptors (Lipinski definition) is 3. The van der Waals surface area contributed by atoms with Crippen molar-refractivity contribution in [2.45, 2.75) is 26.8 Å². The summed E-state index contributed by atoms with van der Waals surface area (Å²) < 4.78 is 17.4. The lowest BCUT2D eigenvalue weighted by Gasteiger charge is -2.28. The summed E-state index contributed by atoms with van der Waals surface area (Å²) in [5.41, 5.74) is 1.01. The molecule has 0 amide bonds. The molecule has 1 aromatic rings. The molecule has 0 atom stereocenters. The van der Waals surface area contributed by atoms with Gasteiger partial charge in [-0.25, -0.2) is 0 Å². The minimum atomic E-state index is -2.65. The zero-order valence-corrected chi connectivity index (χ0v) is 13.0. The second kappa shape index (κ2) is 7.91. The van der Waals surface area contributed by atoms with Crippen LogP contribution in [0.15, 0.2) is 24.3 Å². The highest BCUT2D eigenvalue weighted by atomic mass is 35.5. The molecule has 0 radical (unpaired) electrons. The highest BCUT2D eigenvalue weighted by Crippen LogP contribution is 2.22. The number of rotatable bonds is 8. The predicted molar refractivity (Wildman–Crippen MR) is 75.8 cm³/mol. The van der Waals surface area contributed by atoms with Gasteiger partial charge >= 0.3 is 8.80 Å². The molecule has 1 aromatic carbocycles. The van der Waals surface area contributed by atoms with Gasteiger partial charge in [-0.1, -0.05) is 29.8 Å². The number of benzene rings is 1. The van der Waals surface area contributed by atoms with E-state index in [0.717, 1.165) is 10.6 Å². The lowest BCUT2D eigenvalue weighted by molar-refractivity contribution is 0.0704. The van der Waals surface area contributed by atoms with E-state index in [1.165, 1.54) is 0 Å². The Kier molecular flexibility index (Phi) is 6.89. The molecular formula is C13H21ClO3Si. The molecule has 0 fully saturated rings. The summed E-state index contributed by atoms with van der Waals surface area (Å²) >= 11 is 6.19. The molecule has 0 aliphatic rings. The van der Waals surface area contributed by atoms with E-state index < -0.39 is 8.80 Å². The molecule has 0 aromatic heterocycles. The summed E-state index contributed by atoms with van der Waals surface area (Å²) in [5.74, 6) is 0. The fraction of sp³-hybridized carbons (Fsp3) is 0.538. The van der Waals surface area contributed by atoms with Gasteiger partial charge in [0.05, 0.1) is 0 Å². The smallest absolute Gasteiger partial charge is 0.374 e. The van der Waals surface area contributed by atoms with Crippen molar-refractivity contribution in [1.82, 2.24) is 0 Å². The summed E-state index contributed by atoms with van der Waals surface area (Å²) in [7, 11) is -2.65. The Bertz CT molecular complexity index is 343. The fourth-order valence-corrected chi connectivity index (χ4v) is 4.78. The van der Waals surface area contributed by atoms with Gasteiger partial charge in [0.1, 0.15) is 0 Å². The van der Waals surface area contributed by atoms with Crippen LogP contribution in [0.25, 0.3) is 0 Å². The molecule has 0 unspecified atom stereocenters. The van der Waals surface area contributed by atoms with Crippen LogP contribution in [-0.2, 0) is 19.3 Å². The molecule has 0 bridgehead atoms. The third-order valence-corrected chi connectivity index (χ3v) is 5.83. The normalized spacial score (nSPS) is 11.8. The summed E-state index contributed by atoms with van der Waals surface area (Å²) in [4.78, 5) is 0. The van der Waals surface area contributed by atoms with Crippen LogP contribution < -0.4 is 0 Å². The van der Waals surface area contributed by atoms with Crippen molar-refractivity contribution >= 4 is 20.4 Å². The molecule has 1 rings (SSSR count). The van der Waals surface area contributed by atoms with E-state index in [1.807, 2.05) is 45.0 Å². The Morgan fingerprint density at radius 2 is 1.44 bits per heavy atom. The van der Waals surface area contributed by atoms with E-state index in [9.17, 15) is 0 Å². The molecule has 3 nitrogen and oxygen atoms in total. The van der Waals surface area contributed by atoms with Crippen molar-refractivity contribution in [3.8, 4) is 0 Å². The lowest BCUT2D eigenvalue weighted by atomic mass is 10.2. The summed E-state index contributed by atoms with van der Waals surface area (Å²) in [6.45, 7) is 7.59. The van der Waals surface area contributed by atoms with Crippen LogP contribution in [0.3, 0.4) is 0 Å². The van der Waals surface area contributed by atoms with Crippen LogP contribution in [0.1, 0.15) is 26.3 Å². The van der Waals surface area contributed by atoms with Gasteiger partial charge in [-0.2, -0.15) is 0 Å². The van der Waals surface area contributed by atoms with Gasteiger partial charge < -0.3 is 13.3 Å². The van der Waals surface area contributed by atoms with Gasteiger partial charge in [0.25, 0.3) is 0 Å². The van der Waals surface area contributed by atoms with Gasteiger partial charge in [0.15, 0.2) is 0 Å². The van der Waals surface area contributed by atoms with E-state index in [4.69, 9.17) is 24.9 Å². The quantitative estimate of drug-likeness (QED) is 0.686. The maximum Gasteiger partial charge on any atom is 0.505 e. The Balaban J connectivity index is 2.91. The molecule has 18 heavy (non-hydrogen) atoms. The fourth-order valence-electron chi connectivity index (χ4n) is 1.81. The van der Waals surface area contributed by atoms with Gasteiger partial charge in [0, 0.05) is 30.9 Å². The maximum atomic E-state index is 6.19. The Labute approximate surface area is 115 Å². The Hall–Kier alpha value is -0.393. The predicted octanol–water partition coefficient (Wildman–Crippen LogP) is 3.47. The SMILES string of the molecule is CCO[Si](Cc1ccccc1Cl)(OCC)OCC. The van der Waals surface area contributed by atoms with Crippen LogP contribution in [-0.4, -0.2) is 28.6 Å². The van der Waals surface area contributed by atoms with E-state index in [2.05, 4.69) is 0 Å². The van der Waals surface area contributed by atoms with Crippen molar-refractivity contribution in [3.63, 3.8) is 0 Å². The van der Waals surface area contributed by atoms with Gasteiger partial charge in [-0.05, 0) is 32.4 Å². The monoisotopic (exact) mass is 288 g/mol.